The third-order valence-electron chi connectivity index (χ3n) is 3.15. The molecule has 0 aromatic heterocycles. The number of hydrogen-bond acceptors (Lipinski definition) is 2. The molecule has 1 rings (SSSR count). The highest BCUT2D eigenvalue weighted by atomic mass is 16.2. The van der Waals surface area contributed by atoms with E-state index in [1.807, 2.05) is 31.2 Å². The van der Waals surface area contributed by atoms with Gasteiger partial charge in [0.05, 0.1) is 0 Å². The second-order valence-electron chi connectivity index (χ2n) is 4.89. The van der Waals surface area contributed by atoms with E-state index in [0.29, 0.717) is 13.0 Å². The number of unbranched alkanes of at least 4 members (excludes halogenated alkanes) is 5. The van der Waals surface area contributed by atoms with Gasteiger partial charge in [0.1, 0.15) is 0 Å². The summed E-state index contributed by atoms with van der Waals surface area (Å²) in [6.45, 7) is 2.31. The minimum absolute atomic E-state index is 0.258. The molecule has 0 heterocycles. The van der Waals surface area contributed by atoms with Crippen molar-refractivity contribution in [2.24, 2.45) is 0 Å². The van der Waals surface area contributed by atoms with Crippen LogP contribution < -0.4 is 0 Å². The maximum Gasteiger partial charge on any atom is 0.162 e. The Morgan fingerprint density at radius 1 is 1.06 bits per heavy atom. The number of hydrogen-bond donors (Lipinski definition) is 1. The van der Waals surface area contributed by atoms with Crippen LogP contribution >= 0.6 is 0 Å². The Morgan fingerprint density at radius 2 is 1.72 bits per heavy atom. The van der Waals surface area contributed by atoms with Gasteiger partial charge in [-0.15, -0.1) is 0 Å². The molecule has 0 saturated heterocycles. The highest BCUT2D eigenvalue weighted by Gasteiger charge is 2.04. The number of benzene rings is 1. The van der Waals surface area contributed by atoms with E-state index in [0.717, 1.165) is 36.8 Å². The van der Waals surface area contributed by atoms with Gasteiger partial charge in [-0.2, -0.15) is 0 Å². The smallest absolute Gasteiger partial charge is 0.162 e. The van der Waals surface area contributed by atoms with Gasteiger partial charge >= 0.3 is 0 Å². The SMILES string of the molecule is Cc1cccc(C(=O)CCCCCCCCO)c1. The molecule has 0 radical (unpaired) electrons. The Kier molecular flexibility index (Phi) is 7.35. The molecule has 0 aliphatic rings. The molecule has 100 valence electrons. The second kappa shape index (κ2) is 8.87. The van der Waals surface area contributed by atoms with Gasteiger partial charge in [-0.1, -0.05) is 49.4 Å². The van der Waals surface area contributed by atoms with E-state index in [2.05, 4.69) is 0 Å². The van der Waals surface area contributed by atoms with Crippen LogP contribution in [-0.4, -0.2) is 17.5 Å². The molecule has 0 aliphatic carbocycles. The van der Waals surface area contributed by atoms with E-state index >= 15 is 0 Å². The average molecular weight is 248 g/mol. The van der Waals surface area contributed by atoms with Crippen molar-refractivity contribution in [1.29, 1.82) is 0 Å². The topological polar surface area (TPSA) is 37.3 Å². The number of rotatable bonds is 9. The van der Waals surface area contributed by atoms with Crippen LogP contribution in [0.1, 0.15) is 60.9 Å². The molecule has 0 bridgehead atoms. The predicted molar refractivity (Wildman–Crippen MR) is 74.9 cm³/mol. The molecule has 2 heteroatoms. The maximum absolute atomic E-state index is 11.9. The molecular formula is C16H24O2. The molecule has 0 fully saturated rings. The van der Waals surface area contributed by atoms with E-state index < -0.39 is 0 Å². The first-order valence-corrected chi connectivity index (χ1v) is 6.95. The van der Waals surface area contributed by atoms with Crippen molar-refractivity contribution in [2.45, 2.75) is 51.9 Å². The van der Waals surface area contributed by atoms with Gasteiger partial charge in [0.2, 0.25) is 0 Å². The second-order valence-corrected chi connectivity index (χ2v) is 4.89. The molecule has 0 unspecified atom stereocenters. The predicted octanol–water partition coefficient (Wildman–Crippen LogP) is 3.90. The molecule has 0 aliphatic heterocycles. The van der Waals surface area contributed by atoms with Crippen LogP contribution in [0.25, 0.3) is 0 Å². The van der Waals surface area contributed by atoms with E-state index in [1.165, 1.54) is 12.8 Å². The summed E-state index contributed by atoms with van der Waals surface area (Å²) in [7, 11) is 0. The van der Waals surface area contributed by atoms with Crippen molar-refractivity contribution < 1.29 is 9.90 Å². The van der Waals surface area contributed by atoms with Crippen molar-refractivity contribution in [3.8, 4) is 0 Å². The molecule has 0 saturated carbocycles. The number of ketones is 1. The summed E-state index contributed by atoms with van der Waals surface area (Å²) in [5, 5.41) is 8.65. The molecule has 0 atom stereocenters. The number of aryl methyl sites for hydroxylation is 1. The lowest BCUT2D eigenvalue weighted by Gasteiger charge is -2.03. The number of aliphatic hydroxyl groups excluding tert-OH is 1. The lowest BCUT2D eigenvalue weighted by atomic mass is 10.0. The fourth-order valence-electron chi connectivity index (χ4n) is 2.07. The van der Waals surface area contributed by atoms with Gasteiger partial charge in [-0.3, -0.25) is 4.79 Å². The largest absolute Gasteiger partial charge is 0.396 e. The molecule has 2 nitrogen and oxygen atoms in total. The molecule has 0 spiro atoms. The normalized spacial score (nSPS) is 10.6. The first-order valence-electron chi connectivity index (χ1n) is 6.95. The summed E-state index contributed by atoms with van der Waals surface area (Å²) in [6.07, 6.45) is 7.09. The lowest BCUT2D eigenvalue weighted by Crippen LogP contribution is -1.99. The van der Waals surface area contributed by atoms with Crippen molar-refractivity contribution in [2.75, 3.05) is 6.61 Å². The monoisotopic (exact) mass is 248 g/mol. The van der Waals surface area contributed by atoms with Gasteiger partial charge in [0, 0.05) is 18.6 Å². The highest BCUT2D eigenvalue weighted by Crippen LogP contribution is 2.11. The van der Waals surface area contributed by atoms with Crippen LogP contribution in [0.3, 0.4) is 0 Å². The Bertz CT molecular complexity index is 358. The van der Waals surface area contributed by atoms with E-state index in [4.69, 9.17) is 5.11 Å². The van der Waals surface area contributed by atoms with Crippen LogP contribution in [0, 0.1) is 6.92 Å². The van der Waals surface area contributed by atoms with Crippen LogP contribution in [0.2, 0.25) is 0 Å². The number of carbonyl (C=O) groups excluding carboxylic acids is 1. The zero-order valence-corrected chi connectivity index (χ0v) is 11.3. The third kappa shape index (κ3) is 5.97. The van der Waals surface area contributed by atoms with Crippen LogP contribution in [-0.2, 0) is 0 Å². The molecular weight excluding hydrogens is 224 g/mol. The van der Waals surface area contributed by atoms with Crippen molar-refractivity contribution in [3.05, 3.63) is 35.4 Å². The molecule has 0 amide bonds. The summed E-state index contributed by atoms with van der Waals surface area (Å²) in [6, 6.07) is 7.82. The van der Waals surface area contributed by atoms with Gasteiger partial charge < -0.3 is 5.11 Å². The summed E-state index contributed by atoms with van der Waals surface area (Å²) >= 11 is 0. The Balaban J connectivity index is 2.14. The van der Waals surface area contributed by atoms with Gasteiger partial charge in [-0.25, -0.2) is 0 Å². The summed E-state index contributed by atoms with van der Waals surface area (Å²) in [5.41, 5.74) is 1.99. The zero-order chi connectivity index (χ0) is 13.2. The van der Waals surface area contributed by atoms with Crippen molar-refractivity contribution in [3.63, 3.8) is 0 Å². The summed E-state index contributed by atoms with van der Waals surface area (Å²) in [5.74, 6) is 0.258. The van der Waals surface area contributed by atoms with Crippen molar-refractivity contribution in [1.82, 2.24) is 0 Å². The molecule has 18 heavy (non-hydrogen) atoms. The van der Waals surface area contributed by atoms with Gasteiger partial charge in [0.15, 0.2) is 5.78 Å². The minimum atomic E-state index is 0.258. The van der Waals surface area contributed by atoms with E-state index in [-0.39, 0.29) is 5.78 Å². The zero-order valence-electron chi connectivity index (χ0n) is 11.3. The first kappa shape index (κ1) is 14.9. The quantitative estimate of drug-likeness (QED) is 0.531. The minimum Gasteiger partial charge on any atom is -0.396 e. The molecule has 1 N–H and O–H groups in total. The number of carbonyl (C=O) groups is 1. The van der Waals surface area contributed by atoms with Crippen molar-refractivity contribution >= 4 is 5.78 Å². The summed E-state index contributed by atoms with van der Waals surface area (Å²) in [4.78, 5) is 11.9. The Labute approximate surface area is 110 Å². The van der Waals surface area contributed by atoms with Crippen LogP contribution in [0.4, 0.5) is 0 Å². The molecule has 1 aromatic rings. The lowest BCUT2D eigenvalue weighted by molar-refractivity contribution is 0.0979. The van der Waals surface area contributed by atoms with Crippen LogP contribution in [0.15, 0.2) is 24.3 Å². The number of aliphatic hydroxyl groups is 1. The third-order valence-corrected chi connectivity index (χ3v) is 3.15. The maximum atomic E-state index is 11.9. The average Bonchev–Trinajstić information content (AvgIpc) is 2.37. The van der Waals surface area contributed by atoms with Gasteiger partial charge in [-0.05, 0) is 25.8 Å². The number of Topliss-reactive ketones (excluding diaryl/α,β-unsaturated/α-hetero) is 1. The molecule has 1 aromatic carbocycles. The van der Waals surface area contributed by atoms with Crippen LogP contribution in [0.5, 0.6) is 0 Å². The standard InChI is InChI=1S/C16H24O2/c1-14-9-8-10-15(13-14)16(18)11-6-4-2-3-5-7-12-17/h8-10,13,17H,2-7,11-12H2,1H3. The first-order chi connectivity index (χ1) is 8.74. The fraction of sp³-hybridized carbons (Fsp3) is 0.562. The van der Waals surface area contributed by atoms with E-state index in [1.54, 1.807) is 0 Å². The Morgan fingerprint density at radius 3 is 2.39 bits per heavy atom. The summed E-state index contributed by atoms with van der Waals surface area (Å²) < 4.78 is 0. The Hall–Kier alpha value is -1.15. The highest BCUT2D eigenvalue weighted by molar-refractivity contribution is 5.96. The fourth-order valence-corrected chi connectivity index (χ4v) is 2.07. The van der Waals surface area contributed by atoms with Gasteiger partial charge in [0.25, 0.3) is 0 Å². The van der Waals surface area contributed by atoms with E-state index in [9.17, 15) is 4.79 Å².